The van der Waals surface area contributed by atoms with Crippen LogP contribution in [0.25, 0.3) is 0 Å². The third-order valence-electron chi connectivity index (χ3n) is 5.36. The number of ether oxygens (including phenoxy) is 2. The molecule has 1 aromatic rings. The molecule has 0 aromatic carbocycles. The predicted octanol–water partition coefficient (Wildman–Crippen LogP) is 1.47. The Hall–Kier alpha value is -1.40. The summed E-state index contributed by atoms with van der Waals surface area (Å²) in [6.45, 7) is 4.00. The van der Waals surface area contributed by atoms with E-state index in [-0.39, 0.29) is 17.6 Å². The van der Waals surface area contributed by atoms with Gasteiger partial charge in [-0.15, -0.1) is 0 Å². The Balaban J connectivity index is 1.50. The van der Waals surface area contributed by atoms with E-state index < -0.39 is 5.41 Å². The minimum atomic E-state index is -0.504. The highest BCUT2D eigenvalue weighted by molar-refractivity contribution is 5.90. The first-order valence-electron chi connectivity index (χ1n) is 8.11. The summed E-state index contributed by atoms with van der Waals surface area (Å²) < 4.78 is 16.8. The topological polar surface area (TPSA) is 73.6 Å². The van der Waals surface area contributed by atoms with E-state index in [1.165, 1.54) is 0 Å². The third kappa shape index (κ3) is 2.16. The van der Waals surface area contributed by atoms with Crippen molar-refractivity contribution >= 4 is 5.91 Å². The molecule has 1 N–H and O–H groups in total. The van der Waals surface area contributed by atoms with E-state index in [0.29, 0.717) is 25.6 Å². The zero-order valence-electron chi connectivity index (χ0n) is 12.9. The molecule has 1 aliphatic carbocycles. The van der Waals surface area contributed by atoms with Crippen LogP contribution < -0.4 is 5.32 Å². The summed E-state index contributed by atoms with van der Waals surface area (Å²) in [7, 11) is 0. The number of rotatable bonds is 3. The first kappa shape index (κ1) is 14.2. The number of hydrogen-bond acceptors (Lipinski definition) is 5. The van der Waals surface area contributed by atoms with Crippen molar-refractivity contribution in [1.29, 1.82) is 0 Å². The first-order chi connectivity index (χ1) is 10.6. The molecule has 1 atom stereocenters. The van der Waals surface area contributed by atoms with Gasteiger partial charge in [0.2, 0.25) is 5.91 Å². The van der Waals surface area contributed by atoms with E-state index >= 15 is 0 Å². The zero-order chi connectivity index (χ0) is 15.2. The van der Waals surface area contributed by atoms with Gasteiger partial charge in [0.05, 0.1) is 17.3 Å². The predicted molar refractivity (Wildman–Crippen MR) is 77.4 cm³/mol. The van der Waals surface area contributed by atoms with Crippen LogP contribution in [0, 0.1) is 6.92 Å². The van der Waals surface area contributed by atoms with Gasteiger partial charge in [0, 0.05) is 38.7 Å². The Kier molecular flexibility index (Phi) is 3.27. The molecule has 1 spiro atoms. The lowest BCUT2D eigenvalue weighted by Gasteiger charge is -2.38. The highest BCUT2D eigenvalue weighted by Crippen LogP contribution is 2.49. The molecule has 1 saturated carbocycles. The summed E-state index contributed by atoms with van der Waals surface area (Å²) in [5.41, 5.74) is 0.0801. The number of hydrogen-bond donors (Lipinski definition) is 1. The van der Waals surface area contributed by atoms with Gasteiger partial charge < -0.3 is 19.3 Å². The van der Waals surface area contributed by atoms with Crippen LogP contribution in [0.1, 0.15) is 43.6 Å². The molecular weight excluding hydrogens is 284 g/mol. The van der Waals surface area contributed by atoms with Gasteiger partial charge in [-0.05, 0) is 26.2 Å². The fourth-order valence-electron chi connectivity index (χ4n) is 3.75. The largest absolute Gasteiger partial charge is 0.381 e. The molecule has 120 valence electrons. The fraction of sp³-hybridized carbons (Fsp3) is 0.750. The molecule has 3 fully saturated rings. The molecule has 6 heteroatoms. The smallest absolute Gasteiger partial charge is 0.234 e. The average molecular weight is 306 g/mol. The van der Waals surface area contributed by atoms with Crippen LogP contribution in [0.2, 0.25) is 0 Å². The highest BCUT2D eigenvalue weighted by atomic mass is 16.5. The van der Waals surface area contributed by atoms with Crippen molar-refractivity contribution < 1.29 is 18.8 Å². The van der Waals surface area contributed by atoms with Gasteiger partial charge in [-0.25, -0.2) is 0 Å². The minimum absolute atomic E-state index is 0.0602. The van der Waals surface area contributed by atoms with E-state index in [2.05, 4.69) is 10.5 Å². The monoisotopic (exact) mass is 306 g/mol. The van der Waals surface area contributed by atoms with Crippen molar-refractivity contribution in [3.8, 4) is 0 Å². The molecule has 1 unspecified atom stereocenters. The maximum atomic E-state index is 12.8. The van der Waals surface area contributed by atoms with Crippen LogP contribution in [-0.4, -0.2) is 42.5 Å². The normalized spacial score (nSPS) is 28.7. The van der Waals surface area contributed by atoms with Gasteiger partial charge >= 0.3 is 0 Å². The summed E-state index contributed by atoms with van der Waals surface area (Å²) >= 11 is 0. The summed E-state index contributed by atoms with van der Waals surface area (Å²) in [5.74, 6) is 0.757. The van der Waals surface area contributed by atoms with E-state index in [4.69, 9.17) is 14.0 Å². The van der Waals surface area contributed by atoms with Crippen LogP contribution in [-0.2, 0) is 19.7 Å². The van der Waals surface area contributed by atoms with Crippen LogP contribution in [0.5, 0.6) is 0 Å². The molecule has 1 amide bonds. The average Bonchev–Trinajstić information content (AvgIpc) is 3.10. The molecule has 2 saturated heterocycles. The zero-order valence-corrected chi connectivity index (χ0v) is 12.9. The quantitative estimate of drug-likeness (QED) is 0.915. The van der Waals surface area contributed by atoms with Gasteiger partial charge in [0.1, 0.15) is 5.41 Å². The van der Waals surface area contributed by atoms with Gasteiger partial charge in [0.15, 0.2) is 5.76 Å². The number of carbonyl (C=O) groups excluding carboxylic acids is 1. The van der Waals surface area contributed by atoms with Crippen LogP contribution in [0.4, 0.5) is 0 Å². The molecule has 0 radical (unpaired) electrons. The lowest BCUT2D eigenvalue weighted by Crippen LogP contribution is -2.54. The van der Waals surface area contributed by atoms with Crippen molar-refractivity contribution in [1.82, 2.24) is 10.5 Å². The summed E-state index contributed by atoms with van der Waals surface area (Å²) in [5, 5.41) is 7.17. The number of aryl methyl sites for hydroxylation is 1. The Bertz CT molecular complexity index is 572. The summed E-state index contributed by atoms with van der Waals surface area (Å²) in [6.07, 6.45) is 4.24. The maximum Gasteiger partial charge on any atom is 0.234 e. The minimum Gasteiger partial charge on any atom is -0.381 e. The lowest BCUT2D eigenvalue weighted by molar-refractivity contribution is -0.129. The summed E-state index contributed by atoms with van der Waals surface area (Å²) in [4.78, 5) is 12.8. The first-order valence-corrected chi connectivity index (χ1v) is 8.11. The Morgan fingerprint density at radius 1 is 1.27 bits per heavy atom. The fourth-order valence-corrected chi connectivity index (χ4v) is 3.75. The molecule has 3 aliphatic rings. The molecule has 22 heavy (non-hydrogen) atoms. The maximum absolute atomic E-state index is 12.8. The molecule has 2 aliphatic heterocycles. The Morgan fingerprint density at radius 2 is 2.05 bits per heavy atom. The van der Waals surface area contributed by atoms with Crippen LogP contribution >= 0.6 is 0 Å². The second kappa shape index (κ2) is 5.06. The molecule has 3 heterocycles. The molecular formula is C16H22N2O4. The van der Waals surface area contributed by atoms with Crippen LogP contribution in [0.15, 0.2) is 10.6 Å². The number of aromatic nitrogens is 1. The van der Waals surface area contributed by atoms with Crippen molar-refractivity contribution in [2.45, 2.75) is 56.1 Å². The second-order valence-corrected chi connectivity index (χ2v) is 6.75. The van der Waals surface area contributed by atoms with Crippen LogP contribution in [0.3, 0.4) is 0 Å². The number of nitrogens with zero attached hydrogens (tertiary/aromatic N) is 1. The molecule has 4 rings (SSSR count). The van der Waals surface area contributed by atoms with Crippen molar-refractivity contribution in [2.75, 3.05) is 19.8 Å². The van der Waals surface area contributed by atoms with E-state index in [9.17, 15) is 4.79 Å². The number of carbonyl (C=O) groups is 1. The standard InChI is InChI=1S/C16H22N2O4/c1-11-10-13(22-18-11)15(3-4-15)14(19)17-12-2-7-21-16(12)5-8-20-9-6-16/h10,12H,2-9H2,1H3,(H,17,19). The number of amides is 1. The van der Waals surface area contributed by atoms with Gasteiger partial charge in [-0.1, -0.05) is 5.16 Å². The lowest BCUT2D eigenvalue weighted by atomic mass is 9.86. The number of nitrogens with one attached hydrogen (secondary N) is 1. The van der Waals surface area contributed by atoms with E-state index in [0.717, 1.165) is 37.8 Å². The van der Waals surface area contributed by atoms with E-state index in [1.54, 1.807) is 0 Å². The van der Waals surface area contributed by atoms with Crippen molar-refractivity contribution in [3.05, 3.63) is 17.5 Å². The SMILES string of the molecule is Cc1cc(C2(C(=O)NC3CCOC34CCOCC4)CC2)on1. The Labute approximate surface area is 129 Å². The van der Waals surface area contributed by atoms with Crippen molar-refractivity contribution in [3.63, 3.8) is 0 Å². The molecule has 6 nitrogen and oxygen atoms in total. The summed E-state index contributed by atoms with van der Waals surface area (Å²) in [6, 6.07) is 1.95. The van der Waals surface area contributed by atoms with Gasteiger partial charge in [-0.3, -0.25) is 4.79 Å². The van der Waals surface area contributed by atoms with Gasteiger partial charge in [0.25, 0.3) is 0 Å². The van der Waals surface area contributed by atoms with Gasteiger partial charge in [-0.2, -0.15) is 0 Å². The molecule has 0 bridgehead atoms. The molecule has 1 aromatic heterocycles. The Morgan fingerprint density at radius 3 is 2.68 bits per heavy atom. The second-order valence-electron chi connectivity index (χ2n) is 6.75. The third-order valence-corrected chi connectivity index (χ3v) is 5.36. The van der Waals surface area contributed by atoms with Crippen molar-refractivity contribution in [2.24, 2.45) is 0 Å². The highest BCUT2D eigenvalue weighted by Gasteiger charge is 2.56. The van der Waals surface area contributed by atoms with E-state index in [1.807, 2.05) is 13.0 Å².